The van der Waals surface area contributed by atoms with Crippen molar-refractivity contribution in [3.63, 3.8) is 0 Å². The third kappa shape index (κ3) is 9.89. The Hall–Kier alpha value is -11.6. The Bertz CT molecular complexity index is 5690. The number of nitriles is 1. The van der Waals surface area contributed by atoms with Crippen LogP contribution in [0.15, 0.2) is 176 Å². The number of fused-ring (bicyclic) bond motifs is 4. The first-order chi connectivity index (χ1) is 45.8. The fourth-order valence-electron chi connectivity index (χ4n) is 12.7. The molecule has 16 rings (SSSR count). The van der Waals surface area contributed by atoms with Crippen molar-refractivity contribution in [2.24, 2.45) is 0 Å². The van der Waals surface area contributed by atoms with E-state index in [1.54, 1.807) is 22.7 Å². The number of aryl methyl sites for hydroxylation is 8. The molecule has 9 aromatic heterocycles. The van der Waals surface area contributed by atoms with Gasteiger partial charge in [-0.3, -0.25) is 0 Å². The molecule has 0 atom stereocenters. The third-order valence-corrected chi connectivity index (χ3v) is 19.7. The summed E-state index contributed by atoms with van der Waals surface area (Å²) in [6, 6.07) is 62.4. The second kappa shape index (κ2) is 23.0. The van der Waals surface area contributed by atoms with Crippen molar-refractivity contribution in [2.45, 2.75) is 68.2 Å². The molecule has 16 aromatic rings. The summed E-state index contributed by atoms with van der Waals surface area (Å²) in [4.78, 5) is 11.1. The molecular weight excluding hydrogens is 1200 g/mol. The average Bonchev–Trinajstić information content (AvgIpc) is 1.60. The zero-order valence-corrected chi connectivity index (χ0v) is 54.2. The first-order valence-corrected chi connectivity index (χ1v) is 32.5. The first kappa shape index (κ1) is 57.6. The predicted octanol–water partition coefficient (Wildman–Crippen LogP) is 16.2. The molecule has 0 radical (unpaired) electrons. The zero-order valence-electron chi connectivity index (χ0n) is 52.6. The molecule has 454 valence electrons. The highest BCUT2D eigenvalue weighted by molar-refractivity contribution is 7.21. The molecule has 17 nitrogen and oxygen atoms in total. The van der Waals surface area contributed by atoms with Gasteiger partial charge < -0.3 is 0 Å². The molecule has 0 fully saturated rings. The topological polar surface area (TPSA) is 198 Å². The third-order valence-electron chi connectivity index (χ3n) is 17.5. The van der Waals surface area contributed by atoms with Gasteiger partial charge in [0.15, 0.2) is 0 Å². The summed E-state index contributed by atoms with van der Waals surface area (Å²) in [5.74, 6) is 0. The number of hydrogen-bond donors (Lipinski definition) is 0. The van der Waals surface area contributed by atoms with Gasteiger partial charge >= 0.3 is 0 Å². The van der Waals surface area contributed by atoms with E-state index in [1.165, 1.54) is 5.56 Å². The lowest BCUT2D eigenvalue weighted by Crippen LogP contribution is -2.04. The molecule has 9 heterocycles. The van der Waals surface area contributed by atoms with Crippen LogP contribution in [0.2, 0.25) is 0 Å². The molecule has 0 aliphatic rings. The highest BCUT2D eigenvalue weighted by Crippen LogP contribution is 2.42. The van der Waals surface area contributed by atoms with E-state index >= 15 is 0 Å². The van der Waals surface area contributed by atoms with Gasteiger partial charge in [0.2, 0.25) is 0 Å². The summed E-state index contributed by atoms with van der Waals surface area (Å²) in [5, 5.41) is 65.9. The minimum Gasteiger partial charge on any atom is -0.241 e. The summed E-state index contributed by atoms with van der Waals surface area (Å²) >= 11 is 3.17. The van der Waals surface area contributed by atoms with Crippen LogP contribution in [0.4, 0.5) is 0 Å². The fourth-order valence-corrected chi connectivity index (χ4v) is 14.7. The minimum absolute atomic E-state index is 0.347. The number of para-hydroxylation sites is 2. The fraction of sp³-hybridized carbons (Fsp3) is 0.133. The highest BCUT2D eigenvalue weighted by Gasteiger charge is 2.30. The lowest BCUT2D eigenvalue weighted by molar-refractivity contribution is 0.835. The van der Waals surface area contributed by atoms with Crippen LogP contribution < -0.4 is 0 Å². The van der Waals surface area contributed by atoms with Crippen molar-refractivity contribution in [1.82, 2.24) is 79.7 Å². The Labute approximate surface area is 548 Å². The largest absolute Gasteiger partial charge is 0.241 e. The molecule has 0 aliphatic carbocycles. The molecule has 0 N–H and O–H groups in total. The van der Waals surface area contributed by atoms with Crippen LogP contribution in [-0.4, -0.2) is 79.7 Å². The van der Waals surface area contributed by atoms with Crippen molar-refractivity contribution < 1.29 is 0 Å². The summed E-state index contributed by atoms with van der Waals surface area (Å²) in [5.41, 5.74) is 22.8. The Balaban J connectivity index is 0.770. The molecule has 19 heteroatoms. The highest BCUT2D eigenvalue weighted by atomic mass is 32.1. The Morgan fingerprint density at radius 1 is 0.404 bits per heavy atom. The summed E-state index contributed by atoms with van der Waals surface area (Å²) in [6.45, 7) is 16.3. The molecule has 0 saturated heterocycles. The quantitative estimate of drug-likeness (QED) is 0.106. The molecule has 0 bridgehead atoms. The van der Waals surface area contributed by atoms with Crippen LogP contribution in [-0.2, 0) is 12.8 Å². The normalized spacial score (nSPS) is 11.7. The molecule has 0 saturated carbocycles. The number of hydrogen-bond acceptors (Lipinski definition) is 15. The Morgan fingerprint density at radius 2 is 0.947 bits per heavy atom. The van der Waals surface area contributed by atoms with Gasteiger partial charge in [-0.25, -0.2) is 28.7 Å². The van der Waals surface area contributed by atoms with E-state index in [9.17, 15) is 5.26 Å². The van der Waals surface area contributed by atoms with Gasteiger partial charge in [-0.05, 0) is 139 Å². The Morgan fingerprint density at radius 3 is 1.62 bits per heavy atom. The molecule has 0 spiro atoms. The second-order valence-corrected chi connectivity index (χ2v) is 25.9. The van der Waals surface area contributed by atoms with Crippen LogP contribution in [0.3, 0.4) is 0 Å². The maximum atomic E-state index is 11.4. The summed E-state index contributed by atoms with van der Waals surface area (Å²) < 4.78 is 8.85. The summed E-state index contributed by atoms with van der Waals surface area (Å²) in [7, 11) is 0. The molecule has 0 unspecified atom stereocenters. The maximum Gasteiger partial charge on any atom is 0.150 e. The van der Waals surface area contributed by atoms with Gasteiger partial charge in [0.1, 0.15) is 61.0 Å². The van der Waals surface area contributed by atoms with Gasteiger partial charge in [0.25, 0.3) is 0 Å². The van der Waals surface area contributed by atoms with Crippen LogP contribution in [0.1, 0.15) is 73.2 Å². The first-order valence-electron chi connectivity index (χ1n) is 30.9. The average molecular weight is 1260 g/mol. The lowest BCUT2D eigenvalue weighted by atomic mass is 9.99. The monoisotopic (exact) mass is 1260 g/mol. The molecule has 0 amide bonds. The molecule has 7 aromatic carbocycles. The van der Waals surface area contributed by atoms with Crippen molar-refractivity contribution >= 4 is 65.6 Å². The zero-order chi connectivity index (χ0) is 64.0. The van der Waals surface area contributed by atoms with Gasteiger partial charge in [-0.15, -0.1) is 38.0 Å². The van der Waals surface area contributed by atoms with Crippen LogP contribution in [0, 0.1) is 66.7 Å². The van der Waals surface area contributed by atoms with Crippen LogP contribution >= 0.6 is 22.7 Å². The van der Waals surface area contributed by atoms with Gasteiger partial charge in [-0.2, -0.15) is 41.0 Å². The number of benzene rings is 7. The van der Waals surface area contributed by atoms with Crippen LogP contribution in [0.5, 0.6) is 0 Å². The van der Waals surface area contributed by atoms with Gasteiger partial charge in [0, 0.05) is 40.1 Å². The number of rotatable bonds is 13. The smallest absolute Gasteiger partial charge is 0.150 e. The van der Waals surface area contributed by atoms with Crippen molar-refractivity contribution in [1.29, 1.82) is 5.26 Å². The maximum absolute atomic E-state index is 11.4. The standard InChI is InChI=1S/C75H57N17S2/c1-41-24-30-54(31-25-41)89-47(7)62-44(4)79-82-69(66(62)86-89)65-57(40-76)72(92(85-65)53-20-10-9-11-21-53)51-18-14-17-50(36-51)39-60-63-45(5)80-83-70(67(63)88-91(60)56-34-28-43(3)29-35-56)73-46(6)77-74(94-73)52-19-15-16-49(37-52)38-59-64-48(8)90(55-32-26-42(2)27-33-55)87-68(64)71(84-81-59)75-78-58-22-12-13-23-61(58)93-75/h9-37H,38-39H2,1-8H3. The van der Waals surface area contributed by atoms with E-state index in [2.05, 4.69) is 154 Å². The predicted molar refractivity (Wildman–Crippen MR) is 371 cm³/mol. The molecular formula is C75H57N17S2. The van der Waals surface area contributed by atoms with E-state index in [0.29, 0.717) is 57.9 Å². The lowest BCUT2D eigenvalue weighted by Gasteiger charge is -2.12. The van der Waals surface area contributed by atoms with E-state index in [4.69, 9.17) is 55.9 Å². The SMILES string of the molecule is Cc1ccc(-n2nc3c(-c4nn(-c5ccccc5)c(-c5cccc(Cc6c7c(C)nnc(-c8sc(-c9cccc(Cc%10nnc(-c%11nc%12ccccc%12s%11)c%11nn(-c%12ccc(C)cc%12)c(C)c%10%11)c9)nc8C)c7nn6-c6ccc(C)cc6)c5)c4C#N)nnc(C)c3c2C)cc1. The van der Waals surface area contributed by atoms with E-state index in [1.807, 2.05) is 107 Å². The van der Waals surface area contributed by atoms with E-state index < -0.39 is 0 Å². The number of nitrogens with zero attached hydrogens (tertiary/aromatic N) is 17. The number of aromatic nitrogens is 16. The molecule has 94 heavy (non-hydrogen) atoms. The summed E-state index contributed by atoms with van der Waals surface area (Å²) in [6.07, 6.45) is 0.956. The van der Waals surface area contributed by atoms with Crippen molar-refractivity contribution in [3.05, 3.63) is 249 Å². The van der Waals surface area contributed by atoms with Gasteiger partial charge in [0.05, 0.1) is 83.4 Å². The van der Waals surface area contributed by atoms with Crippen molar-refractivity contribution in [3.8, 4) is 83.3 Å². The van der Waals surface area contributed by atoms with Crippen molar-refractivity contribution in [2.75, 3.05) is 0 Å². The second-order valence-electron chi connectivity index (χ2n) is 23.9. The van der Waals surface area contributed by atoms with E-state index in [0.717, 1.165) is 143 Å². The van der Waals surface area contributed by atoms with Crippen LogP contribution in [0.25, 0.3) is 120 Å². The van der Waals surface area contributed by atoms with Gasteiger partial charge in [-0.1, -0.05) is 120 Å². The Kier molecular flexibility index (Phi) is 14.1. The molecule has 0 aliphatic heterocycles. The minimum atomic E-state index is 0.347. The number of thiazole rings is 2. The van der Waals surface area contributed by atoms with E-state index in [-0.39, 0.29) is 0 Å².